The SMILES string of the molecule is O=C(O)c1cccc2nc3c(cc12)[nH]c1ccccc13. The van der Waals surface area contributed by atoms with Crippen molar-refractivity contribution in [3.8, 4) is 0 Å². The number of hydrogen-bond donors (Lipinski definition) is 2. The second kappa shape index (κ2) is 3.81. The molecule has 0 aliphatic rings. The molecule has 0 aliphatic carbocycles. The van der Waals surface area contributed by atoms with Gasteiger partial charge in [-0.1, -0.05) is 24.3 Å². The standard InChI is InChI=1S/C16H10N2O2/c19-16(20)9-5-3-7-13-11(9)8-14-15(18-13)10-4-1-2-6-12(10)17-14/h1-8,17H,(H,19,20). The number of fused-ring (bicyclic) bond motifs is 4. The lowest BCUT2D eigenvalue weighted by atomic mass is 10.1. The van der Waals surface area contributed by atoms with Crippen LogP contribution in [0.4, 0.5) is 0 Å². The Morgan fingerprint density at radius 2 is 1.85 bits per heavy atom. The van der Waals surface area contributed by atoms with E-state index >= 15 is 0 Å². The Morgan fingerprint density at radius 1 is 1.00 bits per heavy atom. The number of benzene rings is 2. The van der Waals surface area contributed by atoms with Crippen LogP contribution in [0.3, 0.4) is 0 Å². The summed E-state index contributed by atoms with van der Waals surface area (Å²) in [6.07, 6.45) is 0. The van der Waals surface area contributed by atoms with Crippen molar-refractivity contribution >= 4 is 38.8 Å². The second-order valence-electron chi connectivity index (χ2n) is 4.73. The van der Waals surface area contributed by atoms with E-state index in [1.807, 2.05) is 36.4 Å². The minimum atomic E-state index is -0.937. The Kier molecular flexibility index (Phi) is 2.09. The highest BCUT2D eigenvalue weighted by Crippen LogP contribution is 2.28. The summed E-state index contributed by atoms with van der Waals surface area (Å²) in [5.74, 6) is -0.937. The Morgan fingerprint density at radius 3 is 2.70 bits per heavy atom. The quantitative estimate of drug-likeness (QED) is 0.551. The van der Waals surface area contributed by atoms with Crippen molar-refractivity contribution in [1.82, 2.24) is 9.97 Å². The zero-order chi connectivity index (χ0) is 13.7. The van der Waals surface area contributed by atoms with Gasteiger partial charge in [0.25, 0.3) is 0 Å². The predicted molar refractivity (Wildman–Crippen MR) is 78.1 cm³/mol. The van der Waals surface area contributed by atoms with Crippen molar-refractivity contribution in [3.05, 3.63) is 54.1 Å². The Balaban J connectivity index is 2.21. The topological polar surface area (TPSA) is 66.0 Å². The van der Waals surface area contributed by atoms with E-state index in [4.69, 9.17) is 0 Å². The third-order valence-corrected chi connectivity index (χ3v) is 3.54. The third-order valence-electron chi connectivity index (χ3n) is 3.54. The van der Waals surface area contributed by atoms with Crippen LogP contribution in [0.15, 0.2) is 48.5 Å². The summed E-state index contributed by atoms with van der Waals surface area (Å²) in [5, 5.41) is 11.0. The lowest BCUT2D eigenvalue weighted by Gasteiger charge is -2.02. The molecule has 0 unspecified atom stereocenters. The maximum absolute atomic E-state index is 11.3. The Bertz CT molecular complexity index is 986. The van der Waals surface area contributed by atoms with Crippen LogP contribution in [0.1, 0.15) is 10.4 Å². The maximum atomic E-state index is 11.3. The molecule has 2 aromatic heterocycles. The van der Waals surface area contributed by atoms with Crippen molar-refractivity contribution in [2.75, 3.05) is 0 Å². The van der Waals surface area contributed by atoms with Crippen LogP contribution < -0.4 is 0 Å². The van der Waals surface area contributed by atoms with Crippen LogP contribution in [-0.4, -0.2) is 21.0 Å². The fourth-order valence-electron chi connectivity index (χ4n) is 2.63. The van der Waals surface area contributed by atoms with Gasteiger partial charge in [-0.15, -0.1) is 0 Å². The first kappa shape index (κ1) is 11.0. The van der Waals surface area contributed by atoms with Crippen molar-refractivity contribution < 1.29 is 9.90 Å². The van der Waals surface area contributed by atoms with E-state index in [0.717, 1.165) is 21.9 Å². The van der Waals surface area contributed by atoms with E-state index in [-0.39, 0.29) is 5.56 Å². The summed E-state index contributed by atoms with van der Waals surface area (Å²) in [4.78, 5) is 19.2. The van der Waals surface area contributed by atoms with Gasteiger partial charge in [-0.05, 0) is 24.3 Å². The molecule has 96 valence electrons. The van der Waals surface area contributed by atoms with E-state index in [0.29, 0.717) is 10.9 Å². The van der Waals surface area contributed by atoms with Crippen LogP contribution in [-0.2, 0) is 0 Å². The number of carboxylic acid groups (broad SMARTS) is 1. The zero-order valence-corrected chi connectivity index (χ0v) is 10.4. The number of carbonyl (C=O) groups is 1. The van der Waals surface area contributed by atoms with Gasteiger partial charge in [0.2, 0.25) is 0 Å². The summed E-state index contributed by atoms with van der Waals surface area (Å²) < 4.78 is 0. The summed E-state index contributed by atoms with van der Waals surface area (Å²) in [5.41, 5.74) is 3.70. The van der Waals surface area contributed by atoms with Gasteiger partial charge in [-0.25, -0.2) is 9.78 Å². The van der Waals surface area contributed by atoms with Gasteiger partial charge in [-0.3, -0.25) is 0 Å². The highest BCUT2D eigenvalue weighted by molar-refractivity contribution is 6.11. The molecule has 4 heteroatoms. The zero-order valence-electron chi connectivity index (χ0n) is 10.4. The average Bonchev–Trinajstić information content (AvgIpc) is 2.81. The number of nitrogens with zero attached hydrogens (tertiary/aromatic N) is 1. The molecule has 0 spiro atoms. The number of carboxylic acids is 1. The fourth-order valence-corrected chi connectivity index (χ4v) is 2.63. The molecule has 0 aliphatic heterocycles. The molecule has 20 heavy (non-hydrogen) atoms. The lowest BCUT2D eigenvalue weighted by molar-refractivity contribution is 0.0699. The molecule has 0 radical (unpaired) electrons. The molecule has 2 aromatic carbocycles. The Hall–Kier alpha value is -2.88. The van der Waals surface area contributed by atoms with E-state index in [9.17, 15) is 9.90 Å². The average molecular weight is 262 g/mol. The third kappa shape index (κ3) is 1.42. The van der Waals surface area contributed by atoms with Gasteiger partial charge in [0.15, 0.2) is 0 Å². The summed E-state index contributed by atoms with van der Waals surface area (Å²) >= 11 is 0. The maximum Gasteiger partial charge on any atom is 0.336 e. The monoisotopic (exact) mass is 262 g/mol. The summed E-state index contributed by atoms with van der Waals surface area (Å²) in [7, 11) is 0. The van der Waals surface area contributed by atoms with Crippen LogP contribution in [0.2, 0.25) is 0 Å². The molecule has 4 nitrogen and oxygen atoms in total. The molecule has 0 atom stereocenters. The molecule has 0 fully saturated rings. The van der Waals surface area contributed by atoms with E-state index in [2.05, 4.69) is 9.97 Å². The first-order chi connectivity index (χ1) is 9.74. The number of nitrogens with one attached hydrogen (secondary N) is 1. The first-order valence-electron chi connectivity index (χ1n) is 6.27. The molecule has 0 saturated carbocycles. The number of rotatable bonds is 1. The van der Waals surface area contributed by atoms with Gasteiger partial charge in [0, 0.05) is 16.3 Å². The number of hydrogen-bond acceptors (Lipinski definition) is 2. The molecule has 4 rings (SSSR count). The Labute approximate surface area is 113 Å². The lowest BCUT2D eigenvalue weighted by Crippen LogP contribution is -1.97. The number of aromatic carboxylic acids is 1. The summed E-state index contributed by atoms with van der Waals surface area (Å²) in [6.45, 7) is 0. The first-order valence-corrected chi connectivity index (χ1v) is 6.27. The van der Waals surface area contributed by atoms with Gasteiger partial charge < -0.3 is 10.1 Å². The van der Waals surface area contributed by atoms with Crippen molar-refractivity contribution in [3.63, 3.8) is 0 Å². The van der Waals surface area contributed by atoms with E-state index in [1.165, 1.54) is 0 Å². The minimum absolute atomic E-state index is 0.274. The van der Waals surface area contributed by atoms with Crippen molar-refractivity contribution in [2.24, 2.45) is 0 Å². The van der Waals surface area contributed by atoms with Crippen molar-refractivity contribution in [2.45, 2.75) is 0 Å². The van der Waals surface area contributed by atoms with Gasteiger partial charge in [0.05, 0.1) is 22.1 Å². The normalized spacial score (nSPS) is 11.4. The summed E-state index contributed by atoms with van der Waals surface area (Å²) in [6, 6.07) is 14.9. The number of pyridine rings is 1. The molecule has 4 aromatic rings. The van der Waals surface area contributed by atoms with Crippen LogP contribution >= 0.6 is 0 Å². The minimum Gasteiger partial charge on any atom is -0.478 e. The predicted octanol–water partition coefficient (Wildman–Crippen LogP) is 3.57. The molecular formula is C16H10N2O2. The molecule has 2 heterocycles. The second-order valence-corrected chi connectivity index (χ2v) is 4.73. The van der Waals surface area contributed by atoms with Crippen LogP contribution in [0, 0.1) is 0 Å². The molecule has 0 saturated heterocycles. The molecule has 0 amide bonds. The van der Waals surface area contributed by atoms with Gasteiger partial charge >= 0.3 is 5.97 Å². The number of para-hydroxylation sites is 1. The number of aromatic amines is 1. The number of H-pyrrole nitrogens is 1. The van der Waals surface area contributed by atoms with Gasteiger partial charge in [0.1, 0.15) is 0 Å². The highest BCUT2D eigenvalue weighted by Gasteiger charge is 2.12. The molecular weight excluding hydrogens is 252 g/mol. The van der Waals surface area contributed by atoms with Crippen molar-refractivity contribution in [1.29, 1.82) is 0 Å². The van der Waals surface area contributed by atoms with Gasteiger partial charge in [-0.2, -0.15) is 0 Å². The van der Waals surface area contributed by atoms with Crippen LogP contribution in [0.25, 0.3) is 32.8 Å². The highest BCUT2D eigenvalue weighted by atomic mass is 16.4. The smallest absolute Gasteiger partial charge is 0.336 e. The fraction of sp³-hybridized carbons (Fsp3) is 0. The molecule has 0 bridgehead atoms. The number of aromatic nitrogens is 2. The van der Waals surface area contributed by atoms with E-state index < -0.39 is 5.97 Å². The largest absolute Gasteiger partial charge is 0.478 e. The van der Waals surface area contributed by atoms with Crippen LogP contribution in [0.5, 0.6) is 0 Å². The van der Waals surface area contributed by atoms with E-state index in [1.54, 1.807) is 12.1 Å². The molecule has 2 N–H and O–H groups in total.